The number of piperidine rings is 1. The maximum absolute atomic E-state index is 13.4. The lowest BCUT2D eigenvalue weighted by Crippen LogP contribution is -2.43. The van der Waals surface area contributed by atoms with Gasteiger partial charge in [0, 0.05) is 25.2 Å². The number of nitrogens with two attached hydrogens (primary N) is 1. The summed E-state index contributed by atoms with van der Waals surface area (Å²) in [5, 5.41) is 0. The molecule has 0 unspecified atom stereocenters. The van der Waals surface area contributed by atoms with Gasteiger partial charge < -0.3 is 10.6 Å². The van der Waals surface area contributed by atoms with Gasteiger partial charge in [0.05, 0.1) is 12.1 Å². The van der Waals surface area contributed by atoms with E-state index in [1.807, 2.05) is 0 Å². The predicted molar refractivity (Wildman–Crippen MR) is 80.2 cm³/mol. The Morgan fingerprint density at radius 2 is 1.82 bits per heavy atom. The van der Waals surface area contributed by atoms with Gasteiger partial charge in [-0.1, -0.05) is 0 Å². The van der Waals surface area contributed by atoms with Crippen molar-refractivity contribution < 1.29 is 22.0 Å². The van der Waals surface area contributed by atoms with Gasteiger partial charge in [0.15, 0.2) is 0 Å². The number of nitrogens with zero attached hydrogens (tertiary/aromatic N) is 1. The van der Waals surface area contributed by atoms with Crippen molar-refractivity contribution in [2.75, 3.05) is 18.0 Å². The molecule has 0 atom stereocenters. The highest BCUT2D eigenvalue weighted by molar-refractivity contribution is 5.85. The van der Waals surface area contributed by atoms with Crippen molar-refractivity contribution in [2.24, 2.45) is 5.73 Å². The van der Waals surface area contributed by atoms with E-state index in [0.717, 1.165) is 12.1 Å². The molecule has 1 aliphatic heterocycles. The van der Waals surface area contributed by atoms with E-state index in [9.17, 15) is 22.0 Å². The van der Waals surface area contributed by atoms with Crippen LogP contribution in [0.4, 0.5) is 27.6 Å². The zero-order valence-electron chi connectivity index (χ0n) is 11.5. The van der Waals surface area contributed by atoms with Crippen LogP contribution < -0.4 is 10.6 Å². The molecule has 0 aromatic heterocycles. The zero-order valence-corrected chi connectivity index (χ0v) is 13.1. The molecule has 2 N–H and O–H groups in total. The second kappa shape index (κ2) is 7.66. The quantitative estimate of drug-likeness (QED) is 0.793. The van der Waals surface area contributed by atoms with Crippen LogP contribution in [-0.4, -0.2) is 19.0 Å². The van der Waals surface area contributed by atoms with Gasteiger partial charge in [-0.3, -0.25) is 0 Å². The fourth-order valence-corrected chi connectivity index (χ4v) is 2.41. The highest BCUT2D eigenvalue weighted by atomic mass is 35.5. The molecule has 0 bridgehead atoms. The van der Waals surface area contributed by atoms with E-state index in [1.54, 1.807) is 0 Å². The van der Waals surface area contributed by atoms with Crippen LogP contribution in [0.1, 0.15) is 24.0 Å². The molecular formula is C13H17Cl2F5N2. The van der Waals surface area contributed by atoms with Crippen molar-refractivity contribution in [2.45, 2.75) is 31.5 Å². The summed E-state index contributed by atoms with van der Waals surface area (Å²) >= 11 is 0. The Hall–Kier alpha value is -0.790. The van der Waals surface area contributed by atoms with Crippen molar-refractivity contribution in [1.82, 2.24) is 0 Å². The molecule has 22 heavy (non-hydrogen) atoms. The van der Waals surface area contributed by atoms with Crippen LogP contribution in [-0.2, 0) is 12.7 Å². The van der Waals surface area contributed by atoms with Crippen LogP contribution in [0.25, 0.3) is 0 Å². The maximum atomic E-state index is 13.4. The molecule has 1 aliphatic rings. The largest absolute Gasteiger partial charge is 0.416 e. The van der Waals surface area contributed by atoms with E-state index in [2.05, 4.69) is 0 Å². The molecule has 1 saturated heterocycles. The van der Waals surface area contributed by atoms with Gasteiger partial charge in [-0.15, -0.1) is 24.8 Å². The maximum Gasteiger partial charge on any atom is 0.416 e. The van der Waals surface area contributed by atoms with Gasteiger partial charge >= 0.3 is 6.18 Å². The third-order valence-electron chi connectivity index (χ3n) is 3.36. The number of hydrogen-bond acceptors (Lipinski definition) is 2. The summed E-state index contributed by atoms with van der Waals surface area (Å²) in [5.74, 6) is -2.81. The van der Waals surface area contributed by atoms with Crippen molar-refractivity contribution in [3.8, 4) is 0 Å². The van der Waals surface area contributed by atoms with Crippen LogP contribution in [0.15, 0.2) is 18.2 Å². The van der Waals surface area contributed by atoms with Crippen molar-refractivity contribution in [3.63, 3.8) is 0 Å². The summed E-state index contributed by atoms with van der Waals surface area (Å²) in [6, 6.07) is 3.07. The molecule has 128 valence electrons. The van der Waals surface area contributed by atoms with E-state index in [0.29, 0.717) is 18.7 Å². The third kappa shape index (κ3) is 4.86. The summed E-state index contributed by atoms with van der Waals surface area (Å²) < 4.78 is 64.7. The van der Waals surface area contributed by atoms with Gasteiger partial charge in [-0.2, -0.15) is 13.2 Å². The van der Waals surface area contributed by atoms with Gasteiger partial charge in [-0.25, -0.2) is 8.78 Å². The Kier molecular flexibility index (Phi) is 7.38. The zero-order chi connectivity index (χ0) is 15.0. The lowest BCUT2D eigenvalue weighted by Gasteiger charge is -2.35. The number of halogens is 7. The van der Waals surface area contributed by atoms with Crippen molar-refractivity contribution >= 4 is 30.5 Å². The van der Waals surface area contributed by atoms with E-state index in [-0.39, 0.29) is 43.3 Å². The van der Waals surface area contributed by atoms with Crippen molar-refractivity contribution in [3.05, 3.63) is 29.3 Å². The minimum absolute atomic E-state index is 0. The molecule has 1 heterocycles. The number of benzene rings is 1. The Morgan fingerprint density at radius 3 is 2.32 bits per heavy atom. The first-order valence-electron chi connectivity index (χ1n) is 6.26. The monoisotopic (exact) mass is 366 g/mol. The van der Waals surface area contributed by atoms with Gasteiger partial charge in [0.25, 0.3) is 5.92 Å². The molecule has 2 rings (SSSR count). The molecular weight excluding hydrogens is 350 g/mol. The third-order valence-corrected chi connectivity index (χ3v) is 3.36. The molecule has 1 aromatic rings. The SMILES string of the molecule is Cl.Cl.NCc1cc(C(F)(F)F)ccc1N1CCCC(F)(F)C1. The van der Waals surface area contributed by atoms with E-state index in [1.165, 1.54) is 11.0 Å². The summed E-state index contributed by atoms with van der Waals surface area (Å²) in [6.45, 7) is -0.208. The fourth-order valence-electron chi connectivity index (χ4n) is 2.41. The molecule has 0 aliphatic carbocycles. The summed E-state index contributed by atoms with van der Waals surface area (Å²) in [6.07, 6.45) is -4.35. The van der Waals surface area contributed by atoms with E-state index >= 15 is 0 Å². The van der Waals surface area contributed by atoms with E-state index in [4.69, 9.17) is 5.73 Å². The lowest BCUT2D eigenvalue weighted by atomic mass is 10.0. The molecule has 0 saturated carbocycles. The lowest BCUT2D eigenvalue weighted by molar-refractivity contribution is -0.137. The van der Waals surface area contributed by atoms with Crippen LogP contribution in [0.5, 0.6) is 0 Å². The highest BCUT2D eigenvalue weighted by Crippen LogP contribution is 2.35. The van der Waals surface area contributed by atoms with Gasteiger partial charge in [-0.05, 0) is 30.2 Å². The fraction of sp³-hybridized carbons (Fsp3) is 0.538. The number of alkyl halides is 5. The first-order chi connectivity index (χ1) is 9.23. The first kappa shape index (κ1) is 21.2. The molecule has 9 heteroatoms. The van der Waals surface area contributed by atoms with Crippen LogP contribution in [0.2, 0.25) is 0 Å². The Labute approximate surface area is 137 Å². The average molecular weight is 367 g/mol. The Bertz CT molecular complexity index is 494. The smallest absolute Gasteiger partial charge is 0.365 e. The highest BCUT2D eigenvalue weighted by Gasteiger charge is 2.36. The topological polar surface area (TPSA) is 29.3 Å². The minimum Gasteiger partial charge on any atom is -0.365 e. The minimum atomic E-state index is -4.46. The second-order valence-corrected chi connectivity index (χ2v) is 4.93. The number of rotatable bonds is 2. The van der Waals surface area contributed by atoms with Gasteiger partial charge in [0.2, 0.25) is 0 Å². The molecule has 1 aromatic carbocycles. The second-order valence-electron chi connectivity index (χ2n) is 4.93. The average Bonchev–Trinajstić information content (AvgIpc) is 2.35. The molecule has 0 spiro atoms. The van der Waals surface area contributed by atoms with Crippen molar-refractivity contribution in [1.29, 1.82) is 0 Å². The normalized spacial score (nSPS) is 17.5. The van der Waals surface area contributed by atoms with E-state index < -0.39 is 24.2 Å². The predicted octanol–water partition coefficient (Wildman–Crippen LogP) is 4.24. The van der Waals surface area contributed by atoms with Gasteiger partial charge in [0.1, 0.15) is 0 Å². The summed E-state index contributed by atoms with van der Waals surface area (Å²) in [7, 11) is 0. The summed E-state index contributed by atoms with van der Waals surface area (Å²) in [5.41, 5.74) is 5.24. The number of hydrogen-bond donors (Lipinski definition) is 1. The molecule has 0 amide bonds. The number of anilines is 1. The van der Waals surface area contributed by atoms with Crippen LogP contribution in [0.3, 0.4) is 0 Å². The standard InChI is InChI=1S/C13H15F5N2.2ClH/c14-12(15)4-1-5-20(8-12)11-3-2-10(13(16,17)18)6-9(11)7-19;;/h2-3,6H,1,4-5,7-8,19H2;2*1H. The molecule has 0 radical (unpaired) electrons. The Morgan fingerprint density at radius 1 is 1.18 bits per heavy atom. The Balaban J connectivity index is 0.00000220. The molecule has 1 fully saturated rings. The van der Waals surface area contributed by atoms with Crippen LogP contribution >= 0.6 is 24.8 Å². The molecule has 2 nitrogen and oxygen atoms in total. The summed E-state index contributed by atoms with van der Waals surface area (Å²) in [4.78, 5) is 1.41. The van der Waals surface area contributed by atoms with Crippen LogP contribution in [0, 0.1) is 0 Å². The first-order valence-corrected chi connectivity index (χ1v) is 6.26.